The van der Waals surface area contributed by atoms with E-state index in [2.05, 4.69) is 27.7 Å². The molecule has 1 aromatic heterocycles. The van der Waals surface area contributed by atoms with Gasteiger partial charge in [-0.3, -0.25) is 4.79 Å². The molecule has 5 nitrogen and oxygen atoms in total. The summed E-state index contributed by atoms with van der Waals surface area (Å²) in [5.41, 5.74) is 1.95. The summed E-state index contributed by atoms with van der Waals surface area (Å²) in [5, 5.41) is 0.911. The van der Waals surface area contributed by atoms with Crippen molar-refractivity contribution in [3.05, 3.63) is 39.7 Å². The molecular weight excluding hydrogens is 474 g/mol. The fraction of sp³-hybridized carbons (Fsp3) is 0.697. The minimum absolute atomic E-state index is 0.222. The first-order valence-electron chi connectivity index (χ1n) is 15.5. The van der Waals surface area contributed by atoms with Gasteiger partial charge in [-0.05, 0) is 77.5 Å². The molecule has 1 heterocycles. The van der Waals surface area contributed by atoms with E-state index in [4.69, 9.17) is 9.15 Å². The van der Waals surface area contributed by atoms with E-state index in [1.165, 1.54) is 82.0 Å². The molecule has 0 N–H and O–H groups in total. The summed E-state index contributed by atoms with van der Waals surface area (Å²) in [5.74, 6) is 0.220. The Kier molecular flexibility index (Phi) is 14.7. The molecule has 0 unspecified atom stereocenters. The molecule has 2 rings (SSSR count). The fourth-order valence-corrected chi connectivity index (χ4v) is 5.56. The lowest BCUT2D eigenvalue weighted by atomic mass is 10.0. The van der Waals surface area contributed by atoms with Gasteiger partial charge in [0, 0.05) is 23.4 Å². The van der Waals surface area contributed by atoms with Gasteiger partial charge in [0.05, 0.1) is 26.2 Å². The van der Waals surface area contributed by atoms with Crippen LogP contribution in [-0.4, -0.2) is 36.6 Å². The zero-order valence-corrected chi connectivity index (χ0v) is 25.0. The second-order valence-electron chi connectivity index (χ2n) is 11.0. The van der Waals surface area contributed by atoms with Gasteiger partial charge >= 0.3 is 11.6 Å². The number of hydrogen-bond acceptors (Lipinski definition) is 4. The molecule has 0 aliphatic rings. The molecule has 0 saturated heterocycles. The summed E-state index contributed by atoms with van der Waals surface area (Å²) >= 11 is 0. The number of rotatable bonds is 20. The van der Waals surface area contributed by atoms with Crippen LogP contribution in [0.25, 0.3) is 11.0 Å². The van der Waals surface area contributed by atoms with Crippen molar-refractivity contribution in [3.8, 4) is 5.75 Å². The largest absolute Gasteiger partial charge is 0.426 e. The standard InChI is InChI=1S/C33H54NO4/c1-6-10-11-18-21-30-27(5)29-24-23-28(26-31(29)38-33(30)36)37-32(35)22-19-16-14-12-13-15-17-20-25-34(7-2,8-3)9-4/h23-24,26H,6-22,25H2,1-5H3/q+1. The van der Waals surface area contributed by atoms with Crippen LogP contribution in [0, 0.1) is 6.92 Å². The first-order chi connectivity index (χ1) is 18.4. The Labute approximate surface area is 231 Å². The van der Waals surface area contributed by atoms with Gasteiger partial charge in [-0.2, -0.15) is 0 Å². The van der Waals surface area contributed by atoms with E-state index in [0.717, 1.165) is 48.6 Å². The Morgan fingerprint density at radius 1 is 0.816 bits per heavy atom. The third-order valence-corrected chi connectivity index (χ3v) is 8.55. The van der Waals surface area contributed by atoms with Gasteiger partial charge in [0.1, 0.15) is 11.3 Å². The normalized spacial score (nSPS) is 11.8. The summed E-state index contributed by atoms with van der Waals surface area (Å²) in [6.45, 7) is 16.1. The van der Waals surface area contributed by atoms with E-state index < -0.39 is 0 Å². The number of carbonyl (C=O) groups is 1. The molecule has 214 valence electrons. The Bertz CT molecular complexity index is 1010. The quantitative estimate of drug-likeness (QED) is 0.0568. The van der Waals surface area contributed by atoms with Crippen LogP contribution in [-0.2, 0) is 11.2 Å². The number of benzene rings is 1. The van der Waals surface area contributed by atoms with Crippen LogP contribution in [0.2, 0.25) is 0 Å². The van der Waals surface area contributed by atoms with Crippen molar-refractivity contribution in [1.82, 2.24) is 0 Å². The van der Waals surface area contributed by atoms with Crippen LogP contribution in [0.4, 0.5) is 0 Å². The zero-order valence-electron chi connectivity index (χ0n) is 25.0. The Balaban J connectivity index is 1.67. The van der Waals surface area contributed by atoms with E-state index in [-0.39, 0.29) is 11.6 Å². The maximum atomic E-state index is 12.6. The monoisotopic (exact) mass is 528 g/mol. The number of unbranched alkanes of at least 4 members (excludes halogenated alkanes) is 10. The molecule has 0 aliphatic carbocycles. The Morgan fingerprint density at radius 3 is 2.05 bits per heavy atom. The smallest absolute Gasteiger partial charge is 0.339 e. The molecule has 0 bridgehead atoms. The molecular formula is C33H54NO4+. The number of fused-ring (bicyclic) bond motifs is 1. The fourth-order valence-electron chi connectivity index (χ4n) is 5.56. The van der Waals surface area contributed by atoms with Crippen molar-refractivity contribution < 1.29 is 18.4 Å². The summed E-state index contributed by atoms with van der Waals surface area (Å²) in [4.78, 5) is 24.9. The predicted molar refractivity (Wildman–Crippen MR) is 159 cm³/mol. The number of aryl methyl sites for hydroxylation is 1. The average Bonchev–Trinajstić information content (AvgIpc) is 2.91. The van der Waals surface area contributed by atoms with Crippen LogP contribution >= 0.6 is 0 Å². The summed E-state index contributed by atoms with van der Waals surface area (Å²) in [6, 6.07) is 5.38. The van der Waals surface area contributed by atoms with Gasteiger partial charge in [-0.15, -0.1) is 0 Å². The maximum Gasteiger partial charge on any atom is 0.339 e. The lowest BCUT2D eigenvalue weighted by molar-refractivity contribution is -0.923. The van der Waals surface area contributed by atoms with Gasteiger partial charge in [0.25, 0.3) is 0 Å². The van der Waals surface area contributed by atoms with E-state index in [9.17, 15) is 9.59 Å². The number of quaternary nitrogens is 1. The number of nitrogens with zero attached hydrogens (tertiary/aromatic N) is 1. The summed E-state index contributed by atoms with van der Waals surface area (Å²) in [7, 11) is 0. The van der Waals surface area contributed by atoms with E-state index in [1.54, 1.807) is 12.1 Å². The molecule has 1 aromatic carbocycles. The first kappa shape index (κ1) is 32.1. The van der Waals surface area contributed by atoms with Crippen LogP contribution in [0.1, 0.15) is 122 Å². The van der Waals surface area contributed by atoms with Crippen molar-refractivity contribution in [2.45, 2.75) is 125 Å². The second kappa shape index (κ2) is 17.4. The van der Waals surface area contributed by atoms with Gasteiger partial charge < -0.3 is 13.6 Å². The molecule has 0 atom stereocenters. The van der Waals surface area contributed by atoms with Crippen LogP contribution in [0.3, 0.4) is 0 Å². The summed E-state index contributed by atoms with van der Waals surface area (Å²) in [6.07, 6.45) is 15.2. The highest BCUT2D eigenvalue weighted by Gasteiger charge is 2.19. The van der Waals surface area contributed by atoms with Crippen molar-refractivity contribution in [1.29, 1.82) is 0 Å². The van der Waals surface area contributed by atoms with Gasteiger partial charge in [0.2, 0.25) is 0 Å². The van der Waals surface area contributed by atoms with E-state index >= 15 is 0 Å². The Hall–Kier alpha value is -2.14. The summed E-state index contributed by atoms with van der Waals surface area (Å²) < 4.78 is 12.4. The molecule has 0 fully saturated rings. The van der Waals surface area contributed by atoms with Crippen molar-refractivity contribution in [3.63, 3.8) is 0 Å². The number of hydrogen-bond donors (Lipinski definition) is 0. The van der Waals surface area contributed by atoms with Crippen LogP contribution in [0.5, 0.6) is 5.75 Å². The third kappa shape index (κ3) is 10.2. The Morgan fingerprint density at radius 2 is 1.42 bits per heavy atom. The van der Waals surface area contributed by atoms with Gasteiger partial charge in [0.15, 0.2) is 0 Å². The van der Waals surface area contributed by atoms with Gasteiger partial charge in [-0.1, -0.05) is 58.3 Å². The molecule has 38 heavy (non-hydrogen) atoms. The van der Waals surface area contributed by atoms with E-state index in [1.807, 2.05) is 13.0 Å². The minimum atomic E-state index is -0.273. The van der Waals surface area contributed by atoms with Crippen LogP contribution < -0.4 is 10.4 Å². The van der Waals surface area contributed by atoms with Crippen molar-refractivity contribution >= 4 is 16.9 Å². The highest BCUT2D eigenvalue weighted by atomic mass is 16.5. The predicted octanol–water partition coefficient (Wildman–Crippen LogP) is 8.52. The molecule has 0 saturated carbocycles. The first-order valence-corrected chi connectivity index (χ1v) is 15.5. The second-order valence-corrected chi connectivity index (χ2v) is 11.0. The highest BCUT2D eigenvalue weighted by Crippen LogP contribution is 2.25. The number of ether oxygens (including phenoxy) is 1. The van der Waals surface area contributed by atoms with E-state index in [0.29, 0.717) is 17.8 Å². The molecule has 0 radical (unpaired) electrons. The third-order valence-electron chi connectivity index (χ3n) is 8.55. The molecule has 0 amide bonds. The number of esters is 1. The molecule has 2 aromatic rings. The lowest BCUT2D eigenvalue weighted by Crippen LogP contribution is -2.48. The molecule has 0 spiro atoms. The number of carbonyl (C=O) groups excluding carboxylic acids is 1. The van der Waals surface area contributed by atoms with Crippen molar-refractivity contribution in [2.24, 2.45) is 0 Å². The highest BCUT2D eigenvalue weighted by molar-refractivity contribution is 5.83. The van der Waals surface area contributed by atoms with Gasteiger partial charge in [-0.25, -0.2) is 4.79 Å². The average molecular weight is 529 g/mol. The maximum absolute atomic E-state index is 12.6. The SMILES string of the molecule is CCCCCCc1c(C)c2ccc(OC(=O)CCCCCCCCCC[N+](CC)(CC)CC)cc2oc1=O. The van der Waals surface area contributed by atoms with Crippen LogP contribution in [0.15, 0.2) is 27.4 Å². The van der Waals surface area contributed by atoms with Crippen molar-refractivity contribution in [2.75, 3.05) is 26.2 Å². The topological polar surface area (TPSA) is 56.5 Å². The zero-order chi connectivity index (χ0) is 27.8. The minimum Gasteiger partial charge on any atom is -0.426 e. The molecule has 0 aliphatic heterocycles. The molecule has 5 heteroatoms. The lowest BCUT2D eigenvalue weighted by Gasteiger charge is -2.35.